The predicted molar refractivity (Wildman–Crippen MR) is 81.2 cm³/mol. The molecule has 20 heavy (non-hydrogen) atoms. The van der Waals surface area contributed by atoms with Gasteiger partial charge in [0.25, 0.3) is 0 Å². The average Bonchev–Trinajstić information content (AvgIpc) is 2.75. The van der Waals surface area contributed by atoms with Gasteiger partial charge < -0.3 is 15.4 Å². The van der Waals surface area contributed by atoms with Crippen LogP contribution in [0, 0.1) is 0 Å². The van der Waals surface area contributed by atoms with Gasteiger partial charge in [-0.15, -0.1) is 0 Å². The van der Waals surface area contributed by atoms with E-state index in [0.29, 0.717) is 5.82 Å². The van der Waals surface area contributed by atoms with Crippen LogP contribution in [0.4, 0.5) is 11.5 Å². The minimum atomic E-state index is 0.420. The van der Waals surface area contributed by atoms with Crippen molar-refractivity contribution in [3.8, 4) is 5.75 Å². The van der Waals surface area contributed by atoms with Crippen molar-refractivity contribution in [1.82, 2.24) is 9.97 Å². The Morgan fingerprint density at radius 2 is 1.85 bits per heavy atom. The molecule has 1 aromatic carbocycles. The predicted octanol–water partition coefficient (Wildman–Crippen LogP) is 2.60. The second-order valence-corrected chi connectivity index (χ2v) is 5.18. The van der Waals surface area contributed by atoms with Crippen molar-refractivity contribution < 1.29 is 4.74 Å². The fourth-order valence-electron chi connectivity index (χ4n) is 2.81. The number of rotatable bonds is 2. The van der Waals surface area contributed by atoms with Gasteiger partial charge in [0.05, 0.1) is 19.0 Å². The topological polar surface area (TPSA) is 64.3 Å². The van der Waals surface area contributed by atoms with Gasteiger partial charge in [0.15, 0.2) is 0 Å². The van der Waals surface area contributed by atoms with Crippen molar-refractivity contribution >= 4 is 22.5 Å². The molecule has 3 rings (SSSR count). The van der Waals surface area contributed by atoms with E-state index in [-0.39, 0.29) is 0 Å². The minimum Gasteiger partial charge on any atom is -0.494 e. The smallest absolute Gasteiger partial charge is 0.146 e. The average molecular weight is 272 g/mol. The van der Waals surface area contributed by atoms with Crippen LogP contribution in [-0.4, -0.2) is 30.2 Å². The molecule has 0 bridgehead atoms. The first kappa shape index (κ1) is 13.0. The summed E-state index contributed by atoms with van der Waals surface area (Å²) < 4.78 is 5.37. The third-order valence-electron chi connectivity index (χ3n) is 3.83. The Hall–Kier alpha value is -2.04. The number of fused-ring (bicyclic) bond motifs is 1. The molecule has 0 amide bonds. The van der Waals surface area contributed by atoms with Crippen molar-refractivity contribution in [2.45, 2.75) is 25.7 Å². The highest BCUT2D eigenvalue weighted by atomic mass is 16.5. The standard InChI is InChI=1S/C15H20N4O/c1-20-12-7-6-11(19-8-4-2-3-5-9-19)14-15(12)18-13(16)10-17-14/h6-7,10H,2-5,8-9H2,1H3,(H2,16,18). The van der Waals surface area contributed by atoms with Crippen molar-refractivity contribution in [3.05, 3.63) is 18.3 Å². The Labute approximate surface area is 118 Å². The molecule has 1 saturated heterocycles. The molecule has 5 nitrogen and oxygen atoms in total. The van der Waals surface area contributed by atoms with E-state index >= 15 is 0 Å². The van der Waals surface area contributed by atoms with Crippen LogP contribution in [0.2, 0.25) is 0 Å². The van der Waals surface area contributed by atoms with E-state index in [2.05, 4.69) is 20.9 Å². The lowest BCUT2D eigenvalue weighted by Crippen LogP contribution is -2.24. The van der Waals surface area contributed by atoms with Crippen molar-refractivity contribution in [2.75, 3.05) is 30.8 Å². The first-order valence-corrected chi connectivity index (χ1v) is 7.14. The number of benzene rings is 1. The van der Waals surface area contributed by atoms with E-state index in [1.54, 1.807) is 13.3 Å². The van der Waals surface area contributed by atoms with E-state index < -0.39 is 0 Å². The van der Waals surface area contributed by atoms with Gasteiger partial charge in [-0.2, -0.15) is 0 Å². The van der Waals surface area contributed by atoms with Crippen LogP contribution in [0.5, 0.6) is 5.75 Å². The second-order valence-electron chi connectivity index (χ2n) is 5.18. The maximum absolute atomic E-state index is 5.76. The number of nitrogens with two attached hydrogens (primary N) is 1. The van der Waals surface area contributed by atoms with E-state index in [9.17, 15) is 0 Å². The molecule has 0 spiro atoms. The lowest BCUT2D eigenvalue weighted by Gasteiger charge is -2.24. The van der Waals surface area contributed by atoms with Crippen LogP contribution in [0.1, 0.15) is 25.7 Å². The normalized spacial score (nSPS) is 16.1. The van der Waals surface area contributed by atoms with Crippen LogP contribution < -0.4 is 15.4 Å². The minimum absolute atomic E-state index is 0.420. The van der Waals surface area contributed by atoms with Crippen LogP contribution >= 0.6 is 0 Å². The van der Waals surface area contributed by atoms with Gasteiger partial charge >= 0.3 is 0 Å². The number of anilines is 2. The Morgan fingerprint density at radius 3 is 2.55 bits per heavy atom. The zero-order chi connectivity index (χ0) is 13.9. The third-order valence-corrected chi connectivity index (χ3v) is 3.83. The molecule has 1 aromatic heterocycles. The molecule has 2 heterocycles. The third kappa shape index (κ3) is 2.35. The quantitative estimate of drug-likeness (QED) is 0.910. The van der Waals surface area contributed by atoms with Crippen LogP contribution in [0.3, 0.4) is 0 Å². The summed E-state index contributed by atoms with van der Waals surface area (Å²) in [5.41, 5.74) is 8.51. The molecule has 1 aliphatic heterocycles. The summed E-state index contributed by atoms with van der Waals surface area (Å²) in [5.74, 6) is 1.14. The molecule has 1 fully saturated rings. The number of nitrogens with zero attached hydrogens (tertiary/aromatic N) is 3. The second kappa shape index (κ2) is 5.53. The fraction of sp³-hybridized carbons (Fsp3) is 0.467. The molecule has 0 aliphatic carbocycles. The van der Waals surface area contributed by atoms with Crippen LogP contribution in [0.25, 0.3) is 11.0 Å². The van der Waals surface area contributed by atoms with E-state index in [1.807, 2.05) is 6.07 Å². The highest BCUT2D eigenvalue weighted by molar-refractivity contribution is 5.93. The van der Waals surface area contributed by atoms with Gasteiger partial charge in [0.1, 0.15) is 22.6 Å². The summed E-state index contributed by atoms with van der Waals surface area (Å²) in [7, 11) is 1.64. The maximum atomic E-state index is 5.76. The Balaban J connectivity index is 2.11. The number of nitrogen functional groups attached to an aromatic ring is 1. The van der Waals surface area contributed by atoms with Crippen molar-refractivity contribution in [2.24, 2.45) is 0 Å². The first-order valence-electron chi connectivity index (χ1n) is 7.14. The molecule has 1 aliphatic rings. The monoisotopic (exact) mass is 272 g/mol. The molecule has 0 unspecified atom stereocenters. The fourth-order valence-corrected chi connectivity index (χ4v) is 2.81. The van der Waals surface area contributed by atoms with Crippen LogP contribution in [0.15, 0.2) is 18.3 Å². The zero-order valence-corrected chi connectivity index (χ0v) is 11.8. The van der Waals surface area contributed by atoms with Gasteiger partial charge in [-0.05, 0) is 25.0 Å². The van der Waals surface area contributed by atoms with E-state index in [4.69, 9.17) is 10.5 Å². The number of hydrogen-bond acceptors (Lipinski definition) is 5. The number of hydrogen-bond donors (Lipinski definition) is 1. The molecule has 0 saturated carbocycles. The SMILES string of the molecule is COc1ccc(N2CCCCCC2)c2ncc(N)nc12. The Bertz CT molecular complexity index is 606. The van der Waals surface area contributed by atoms with Gasteiger partial charge in [0, 0.05) is 13.1 Å². The molecular weight excluding hydrogens is 252 g/mol. The van der Waals surface area contributed by atoms with Gasteiger partial charge in [0.2, 0.25) is 0 Å². The van der Waals surface area contributed by atoms with Gasteiger partial charge in [-0.25, -0.2) is 9.97 Å². The molecule has 5 heteroatoms. The molecule has 2 N–H and O–H groups in total. The van der Waals surface area contributed by atoms with Crippen LogP contribution in [-0.2, 0) is 0 Å². The highest BCUT2D eigenvalue weighted by Gasteiger charge is 2.16. The summed E-state index contributed by atoms with van der Waals surface area (Å²) >= 11 is 0. The maximum Gasteiger partial charge on any atom is 0.146 e. The zero-order valence-electron chi connectivity index (χ0n) is 11.8. The highest BCUT2D eigenvalue weighted by Crippen LogP contribution is 2.32. The number of aromatic nitrogens is 2. The van der Waals surface area contributed by atoms with E-state index in [0.717, 1.165) is 35.6 Å². The molecule has 0 atom stereocenters. The van der Waals surface area contributed by atoms with E-state index in [1.165, 1.54) is 25.7 Å². The summed E-state index contributed by atoms with van der Waals surface area (Å²) in [6.07, 6.45) is 6.70. The first-order chi connectivity index (χ1) is 9.79. The lowest BCUT2D eigenvalue weighted by atomic mass is 10.2. The molecular formula is C15H20N4O. The Morgan fingerprint density at radius 1 is 1.10 bits per heavy atom. The molecule has 0 radical (unpaired) electrons. The van der Waals surface area contributed by atoms with Crippen molar-refractivity contribution in [3.63, 3.8) is 0 Å². The summed E-state index contributed by atoms with van der Waals surface area (Å²) in [5, 5.41) is 0. The number of methoxy groups -OCH3 is 1. The summed E-state index contributed by atoms with van der Waals surface area (Å²) in [6, 6.07) is 4.04. The number of ether oxygens (including phenoxy) is 1. The van der Waals surface area contributed by atoms with Crippen molar-refractivity contribution in [1.29, 1.82) is 0 Å². The summed E-state index contributed by atoms with van der Waals surface area (Å²) in [4.78, 5) is 11.3. The Kier molecular flexibility index (Phi) is 3.58. The lowest BCUT2D eigenvalue weighted by molar-refractivity contribution is 0.419. The van der Waals surface area contributed by atoms with Gasteiger partial charge in [-0.3, -0.25) is 0 Å². The molecule has 2 aromatic rings. The summed E-state index contributed by atoms with van der Waals surface area (Å²) in [6.45, 7) is 2.15. The van der Waals surface area contributed by atoms with Gasteiger partial charge in [-0.1, -0.05) is 12.8 Å². The largest absolute Gasteiger partial charge is 0.494 e. The molecule has 106 valence electrons.